The lowest BCUT2D eigenvalue weighted by Gasteiger charge is -2.24. The lowest BCUT2D eigenvalue weighted by atomic mass is 9.81. The molecule has 1 fully saturated rings. The molecule has 0 bridgehead atoms. The van der Waals surface area contributed by atoms with Crippen molar-refractivity contribution in [1.29, 1.82) is 0 Å². The summed E-state index contributed by atoms with van der Waals surface area (Å²) in [6, 6.07) is 13.2. The number of amides is 3. The van der Waals surface area contributed by atoms with Crippen LogP contribution in [0.1, 0.15) is 17.5 Å². The molecule has 0 radical (unpaired) electrons. The third-order valence-corrected chi connectivity index (χ3v) is 5.74. The summed E-state index contributed by atoms with van der Waals surface area (Å²) in [4.78, 5) is 29.3. The van der Waals surface area contributed by atoms with Gasteiger partial charge in [0.25, 0.3) is 0 Å². The highest BCUT2D eigenvalue weighted by Gasteiger charge is 2.54. The van der Waals surface area contributed by atoms with E-state index in [0.29, 0.717) is 19.5 Å². The number of benzene rings is 2. The van der Waals surface area contributed by atoms with Gasteiger partial charge >= 0.3 is 6.03 Å². The minimum atomic E-state index is -0.693. The molecule has 0 aromatic heterocycles. The van der Waals surface area contributed by atoms with Gasteiger partial charge in [0.15, 0.2) is 0 Å². The van der Waals surface area contributed by atoms with Crippen molar-refractivity contribution in [3.63, 3.8) is 0 Å². The molecule has 1 N–H and O–H groups in total. The lowest BCUT2D eigenvalue weighted by molar-refractivity contribution is -0.122. The third-order valence-electron chi connectivity index (χ3n) is 5.74. The summed E-state index contributed by atoms with van der Waals surface area (Å²) in [5.41, 5.74) is 2.94. The molecule has 2 aliphatic heterocycles. The topological polar surface area (TPSA) is 61.9 Å². The number of hydrogen-bond acceptors (Lipinski definition) is 3. The van der Waals surface area contributed by atoms with Crippen LogP contribution in [0.5, 0.6) is 5.75 Å². The Morgan fingerprint density at radius 3 is 2.74 bits per heavy atom. The summed E-state index contributed by atoms with van der Waals surface area (Å²) in [7, 11) is 3.41. The van der Waals surface area contributed by atoms with Crippen LogP contribution >= 0.6 is 0 Å². The van der Waals surface area contributed by atoms with Gasteiger partial charge in [0.1, 0.15) is 5.75 Å². The molecular weight excluding hydrogens is 342 g/mol. The maximum absolute atomic E-state index is 13.1. The number of anilines is 2. The van der Waals surface area contributed by atoms with Gasteiger partial charge in [-0.05, 0) is 48.7 Å². The van der Waals surface area contributed by atoms with Crippen molar-refractivity contribution in [2.45, 2.75) is 18.8 Å². The van der Waals surface area contributed by atoms with Gasteiger partial charge in [-0.15, -0.1) is 0 Å². The summed E-state index contributed by atoms with van der Waals surface area (Å²) in [6.07, 6.45) is 0.609. The molecule has 2 aromatic rings. The Labute approximate surface area is 158 Å². The van der Waals surface area contributed by atoms with Crippen LogP contribution in [0.3, 0.4) is 0 Å². The van der Waals surface area contributed by atoms with Gasteiger partial charge in [-0.2, -0.15) is 0 Å². The molecule has 1 atom stereocenters. The predicted octanol–water partition coefficient (Wildman–Crippen LogP) is 3.16. The van der Waals surface area contributed by atoms with E-state index in [9.17, 15) is 9.59 Å². The van der Waals surface area contributed by atoms with Gasteiger partial charge in [0.2, 0.25) is 5.91 Å². The van der Waals surface area contributed by atoms with Gasteiger partial charge < -0.3 is 19.9 Å². The highest BCUT2D eigenvalue weighted by Crippen LogP contribution is 2.48. The summed E-state index contributed by atoms with van der Waals surface area (Å²) in [5, 5.41) is 2.97. The number of urea groups is 1. The number of para-hydroxylation sites is 1. The first kappa shape index (κ1) is 17.4. The number of likely N-dealkylation sites (tertiary alicyclic amines) is 1. The van der Waals surface area contributed by atoms with Gasteiger partial charge in [-0.3, -0.25) is 4.79 Å². The summed E-state index contributed by atoms with van der Waals surface area (Å²) < 4.78 is 5.36. The maximum Gasteiger partial charge on any atom is 0.321 e. The number of carbonyl (C=O) groups excluding carboxylic acids is 2. The number of fused-ring (bicyclic) bond motifs is 2. The summed E-state index contributed by atoms with van der Waals surface area (Å²) in [6.45, 7) is 2.86. The molecule has 4 rings (SSSR count). The molecule has 2 aromatic carbocycles. The van der Waals surface area contributed by atoms with Crippen molar-refractivity contribution in [2.75, 3.05) is 37.5 Å². The second-order valence-corrected chi connectivity index (χ2v) is 7.25. The van der Waals surface area contributed by atoms with E-state index in [1.54, 1.807) is 24.0 Å². The van der Waals surface area contributed by atoms with E-state index in [4.69, 9.17) is 4.74 Å². The second kappa shape index (κ2) is 6.30. The minimum Gasteiger partial charge on any atom is -0.497 e. The first-order valence-electron chi connectivity index (χ1n) is 9.04. The smallest absolute Gasteiger partial charge is 0.321 e. The van der Waals surface area contributed by atoms with Crippen LogP contribution in [-0.2, 0) is 10.2 Å². The second-order valence-electron chi connectivity index (χ2n) is 7.25. The molecule has 27 heavy (non-hydrogen) atoms. The molecule has 0 unspecified atom stereocenters. The Kier molecular flexibility index (Phi) is 4.06. The van der Waals surface area contributed by atoms with Gasteiger partial charge in [-0.25, -0.2) is 4.79 Å². The van der Waals surface area contributed by atoms with E-state index in [-0.39, 0.29) is 11.9 Å². The van der Waals surface area contributed by atoms with E-state index >= 15 is 0 Å². The largest absolute Gasteiger partial charge is 0.497 e. The van der Waals surface area contributed by atoms with Crippen LogP contribution in [0, 0.1) is 6.92 Å². The summed E-state index contributed by atoms with van der Waals surface area (Å²) >= 11 is 0. The Balaban J connectivity index is 1.61. The number of nitrogens with one attached hydrogen (secondary N) is 1. The highest BCUT2D eigenvalue weighted by atomic mass is 16.5. The zero-order valence-corrected chi connectivity index (χ0v) is 15.8. The molecule has 1 spiro atoms. The van der Waals surface area contributed by atoms with Gasteiger partial charge in [0, 0.05) is 31.5 Å². The van der Waals surface area contributed by atoms with Crippen LogP contribution in [-0.4, -0.2) is 44.1 Å². The minimum absolute atomic E-state index is 0.0388. The molecular formula is C21H23N3O3. The Morgan fingerprint density at radius 2 is 2.00 bits per heavy atom. The van der Waals surface area contributed by atoms with Crippen LogP contribution in [0.25, 0.3) is 0 Å². The van der Waals surface area contributed by atoms with Crippen molar-refractivity contribution >= 4 is 23.3 Å². The molecule has 0 saturated carbocycles. The molecule has 2 heterocycles. The zero-order valence-electron chi connectivity index (χ0n) is 15.8. The number of aryl methyl sites for hydroxylation is 1. The van der Waals surface area contributed by atoms with Crippen LogP contribution in [0.4, 0.5) is 16.2 Å². The van der Waals surface area contributed by atoms with Gasteiger partial charge in [0.05, 0.1) is 12.5 Å². The van der Waals surface area contributed by atoms with Crippen molar-refractivity contribution in [2.24, 2.45) is 0 Å². The van der Waals surface area contributed by atoms with Crippen molar-refractivity contribution < 1.29 is 14.3 Å². The van der Waals surface area contributed by atoms with E-state index in [0.717, 1.165) is 28.3 Å². The normalized spacial score (nSPS) is 20.9. The fraction of sp³-hybridized carbons (Fsp3) is 0.333. The number of methoxy groups -OCH3 is 1. The van der Waals surface area contributed by atoms with Crippen molar-refractivity contribution in [1.82, 2.24) is 4.90 Å². The number of carbonyl (C=O) groups is 2. The first-order valence-corrected chi connectivity index (χ1v) is 9.04. The zero-order chi connectivity index (χ0) is 19.2. The quantitative estimate of drug-likeness (QED) is 0.889. The molecule has 140 valence electrons. The van der Waals surface area contributed by atoms with Crippen LogP contribution < -0.4 is 15.0 Å². The number of likely N-dealkylation sites (N-methyl/N-ethyl adjacent to an activating group) is 1. The monoisotopic (exact) mass is 365 g/mol. The van der Waals surface area contributed by atoms with Crippen LogP contribution in [0.2, 0.25) is 0 Å². The van der Waals surface area contributed by atoms with E-state index in [1.165, 1.54) is 0 Å². The van der Waals surface area contributed by atoms with E-state index < -0.39 is 5.41 Å². The fourth-order valence-corrected chi connectivity index (χ4v) is 4.15. The number of rotatable bonds is 2. The molecule has 1 saturated heterocycles. The van der Waals surface area contributed by atoms with E-state index in [1.807, 2.05) is 49.4 Å². The fourth-order valence-electron chi connectivity index (χ4n) is 4.15. The Bertz CT molecular complexity index is 927. The Morgan fingerprint density at radius 1 is 1.22 bits per heavy atom. The summed E-state index contributed by atoms with van der Waals surface area (Å²) in [5.74, 6) is 0.760. The first-order chi connectivity index (χ1) is 13.0. The maximum atomic E-state index is 13.1. The highest BCUT2D eigenvalue weighted by molar-refractivity contribution is 6.09. The van der Waals surface area contributed by atoms with E-state index in [2.05, 4.69) is 5.32 Å². The van der Waals surface area contributed by atoms with Gasteiger partial charge in [-0.1, -0.05) is 18.2 Å². The third kappa shape index (κ3) is 2.63. The number of nitrogens with zero attached hydrogens (tertiary/aromatic N) is 2. The SMILES string of the molecule is COc1ccc2c(c1)[C@]1(CCN(C(=O)Nc3ccccc3C)C1)C(=O)N2C. The molecule has 3 amide bonds. The average Bonchev–Trinajstić information content (AvgIpc) is 3.21. The molecule has 6 nitrogen and oxygen atoms in total. The molecule has 0 aliphatic carbocycles. The van der Waals surface area contributed by atoms with Crippen molar-refractivity contribution in [3.05, 3.63) is 53.6 Å². The standard InChI is InChI=1S/C21H23N3O3/c1-14-6-4-5-7-17(14)22-20(26)24-11-10-21(13-24)16-12-15(27-3)8-9-18(16)23(2)19(21)25/h4-9,12H,10-11,13H2,1-3H3,(H,22,26)/t21-/m1/s1. The Hall–Kier alpha value is -3.02. The molecule has 2 aliphatic rings. The molecule has 6 heteroatoms. The average molecular weight is 365 g/mol. The van der Waals surface area contributed by atoms with Crippen LogP contribution in [0.15, 0.2) is 42.5 Å². The lowest BCUT2D eigenvalue weighted by Crippen LogP contribution is -2.43. The van der Waals surface area contributed by atoms with Crippen molar-refractivity contribution in [3.8, 4) is 5.75 Å². The number of hydrogen-bond donors (Lipinski definition) is 1. The number of ether oxygens (including phenoxy) is 1. The predicted molar refractivity (Wildman–Crippen MR) is 104 cm³/mol.